The number of likely N-dealkylation sites (N-methyl/N-ethyl adjacent to an activating group) is 1. The summed E-state index contributed by atoms with van der Waals surface area (Å²) in [5.74, 6) is 6.68. The summed E-state index contributed by atoms with van der Waals surface area (Å²) < 4.78 is 0.987. The summed E-state index contributed by atoms with van der Waals surface area (Å²) >= 11 is 1.58. The normalized spacial score (nSPS) is 16.6. The maximum absolute atomic E-state index is 12.0. The second kappa shape index (κ2) is 5.22. The van der Waals surface area contributed by atoms with Crippen LogP contribution in [0.4, 0.5) is 11.8 Å². The van der Waals surface area contributed by atoms with Gasteiger partial charge in [-0.2, -0.15) is 4.98 Å². The lowest BCUT2D eigenvalue weighted by atomic mass is 10.3. The minimum atomic E-state index is 0.105. The van der Waals surface area contributed by atoms with E-state index in [0.29, 0.717) is 12.5 Å². The molecular weight excluding hydrogens is 276 g/mol. The first-order valence-electron chi connectivity index (χ1n) is 6.40. The van der Waals surface area contributed by atoms with Crippen molar-refractivity contribution in [2.24, 2.45) is 5.84 Å². The fourth-order valence-electron chi connectivity index (χ4n) is 2.29. The van der Waals surface area contributed by atoms with Crippen LogP contribution in [0.2, 0.25) is 0 Å². The molecule has 0 radical (unpaired) electrons. The monoisotopic (exact) mass is 292 g/mol. The molecule has 20 heavy (non-hydrogen) atoms. The number of thiophene rings is 1. The lowest BCUT2D eigenvalue weighted by Gasteiger charge is -2.21. The molecule has 3 rings (SSSR count). The number of nitrogens with two attached hydrogens (primary N) is 1. The Balaban J connectivity index is 2.03. The summed E-state index contributed by atoms with van der Waals surface area (Å²) in [6.07, 6.45) is 0.921. The standard InChI is InChI=1S/C12H16N6OS/c1-17-4-2-5-18(7-9(17)19)11-10-8(3-6-20-10)14-12(15-11)16-13/h3,6H,2,4-5,7,13H2,1H3,(H,14,15,16). The molecule has 106 valence electrons. The van der Waals surface area contributed by atoms with Crippen LogP contribution in [0.5, 0.6) is 0 Å². The lowest BCUT2D eigenvalue weighted by Crippen LogP contribution is -2.35. The number of nitrogens with one attached hydrogen (secondary N) is 1. The molecule has 1 amide bonds. The van der Waals surface area contributed by atoms with Crippen LogP contribution in [0.3, 0.4) is 0 Å². The quantitative estimate of drug-likeness (QED) is 0.624. The number of fused-ring (bicyclic) bond motifs is 1. The predicted molar refractivity (Wildman–Crippen MR) is 79.7 cm³/mol. The Labute approximate surface area is 120 Å². The highest BCUT2D eigenvalue weighted by atomic mass is 32.1. The van der Waals surface area contributed by atoms with Crippen molar-refractivity contribution in [3.8, 4) is 0 Å². The van der Waals surface area contributed by atoms with Crippen LogP contribution in [-0.2, 0) is 4.79 Å². The number of anilines is 2. The second-order valence-corrected chi connectivity index (χ2v) is 5.66. The minimum Gasteiger partial charge on any atom is -0.346 e. The first kappa shape index (κ1) is 13.1. The number of amides is 1. The van der Waals surface area contributed by atoms with Crippen LogP contribution >= 0.6 is 11.3 Å². The Morgan fingerprint density at radius 3 is 3.05 bits per heavy atom. The molecule has 3 heterocycles. The minimum absolute atomic E-state index is 0.105. The Morgan fingerprint density at radius 1 is 1.40 bits per heavy atom. The van der Waals surface area contributed by atoms with Gasteiger partial charge in [-0.25, -0.2) is 10.8 Å². The van der Waals surface area contributed by atoms with Crippen molar-refractivity contribution < 1.29 is 4.79 Å². The molecule has 0 aromatic carbocycles. The van der Waals surface area contributed by atoms with Gasteiger partial charge in [-0.05, 0) is 17.9 Å². The molecule has 2 aromatic heterocycles. The molecule has 0 saturated carbocycles. The number of rotatable bonds is 2. The number of carbonyl (C=O) groups is 1. The first-order valence-corrected chi connectivity index (χ1v) is 7.28. The summed E-state index contributed by atoms with van der Waals surface area (Å²) in [5, 5.41) is 1.97. The average molecular weight is 292 g/mol. The number of hydrogen-bond donors (Lipinski definition) is 2. The van der Waals surface area contributed by atoms with Crippen LogP contribution in [0.1, 0.15) is 6.42 Å². The van der Waals surface area contributed by atoms with E-state index in [9.17, 15) is 4.79 Å². The molecule has 3 N–H and O–H groups in total. The molecule has 0 spiro atoms. The summed E-state index contributed by atoms with van der Waals surface area (Å²) in [6.45, 7) is 1.91. The summed E-state index contributed by atoms with van der Waals surface area (Å²) in [6, 6.07) is 1.93. The van der Waals surface area contributed by atoms with Crippen molar-refractivity contribution in [2.45, 2.75) is 6.42 Å². The van der Waals surface area contributed by atoms with Crippen LogP contribution in [0.15, 0.2) is 11.4 Å². The average Bonchev–Trinajstić information content (AvgIpc) is 2.86. The van der Waals surface area contributed by atoms with E-state index in [-0.39, 0.29) is 5.91 Å². The highest BCUT2D eigenvalue weighted by Crippen LogP contribution is 2.30. The van der Waals surface area contributed by atoms with E-state index in [4.69, 9.17) is 5.84 Å². The highest BCUT2D eigenvalue weighted by molar-refractivity contribution is 7.17. The van der Waals surface area contributed by atoms with Gasteiger partial charge in [0.05, 0.1) is 16.8 Å². The first-order chi connectivity index (χ1) is 9.69. The van der Waals surface area contributed by atoms with E-state index in [1.165, 1.54) is 0 Å². The van der Waals surface area contributed by atoms with Gasteiger partial charge in [-0.3, -0.25) is 10.2 Å². The van der Waals surface area contributed by atoms with E-state index in [2.05, 4.69) is 15.4 Å². The molecule has 0 unspecified atom stereocenters. The number of aromatic nitrogens is 2. The van der Waals surface area contributed by atoms with Crippen molar-refractivity contribution in [3.63, 3.8) is 0 Å². The van der Waals surface area contributed by atoms with Gasteiger partial charge >= 0.3 is 0 Å². The van der Waals surface area contributed by atoms with Gasteiger partial charge < -0.3 is 9.80 Å². The largest absolute Gasteiger partial charge is 0.346 e. The maximum Gasteiger partial charge on any atom is 0.241 e. The Hall–Kier alpha value is -1.93. The third-order valence-corrected chi connectivity index (χ3v) is 4.29. The fraction of sp³-hybridized carbons (Fsp3) is 0.417. The third kappa shape index (κ3) is 2.27. The molecular formula is C12H16N6OS. The van der Waals surface area contributed by atoms with Gasteiger partial charge in [0.1, 0.15) is 0 Å². The summed E-state index contributed by atoms with van der Waals surface area (Å²) in [5.41, 5.74) is 3.33. The molecule has 0 bridgehead atoms. The zero-order valence-electron chi connectivity index (χ0n) is 11.2. The number of carbonyl (C=O) groups excluding carboxylic acids is 1. The highest BCUT2D eigenvalue weighted by Gasteiger charge is 2.22. The van der Waals surface area contributed by atoms with E-state index in [1.807, 2.05) is 23.4 Å². The van der Waals surface area contributed by atoms with Crippen molar-refractivity contribution in [2.75, 3.05) is 37.0 Å². The number of hydrogen-bond acceptors (Lipinski definition) is 7. The van der Waals surface area contributed by atoms with E-state index in [1.54, 1.807) is 16.2 Å². The molecule has 1 saturated heterocycles. The van der Waals surface area contributed by atoms with E-state index >= 15 is 0 Å². The second-order valence-electron chi connectivity index (χ2n) is 4.74. The zero-order valence-corrected chi connectivity index (χ0v) is 12.0. The van der Waals surface area contributed by atoms with Gasteiger partial charge in [0.15, 0.2) is 5.82 Å². The van der Waals surface area contributed by atoms with Crippen molar-refractivity contribution in [3.05, 3.63) is 11.4 Å². The summed E-state index contributed by atoms with van der Waals surface area (Å²) in [7, 11) is 1.83. The molecule has 7 nitrogen and oxygen atoms in total. The van der Waals surface area contributed by atoms with Crippen LogP contribution in [-0.4, -0.2) is 47.5 Å². The fourth-order valence-corrected chi connectivity index (χ4v) is 3.14. The van der Waals surface area contributed by atoms with Gasteiger partial charge in [0, 0.05) is 20.1 Å². The van der Waals surface area contributed by atoms with Gasteiger partial charge in [-0.15, -0.1) is 11.3 Å². The molecule has 1 aliphatic rings. The molecule has 1 aliphatic heterocycles. The molecule has 2 aromatic rings. The van der Waals surface area contributed by atoms with Crippen molar-refractivity contribution >= 4 is 39.2 Å². The van der Waals surface area contributed by atoms with Crippen molar-refractivity contribution in [1.82, 2.24) is 14.9 Å². The van der Waals surface area contributed by atoms with Crippen molar-refractivity contribution in [1.29, 1.82) is 0 Å². The van der Waals surface area contributed by atoms with E-state index in [0.717, 1.165) is 35.5 Å². The topological polar surface area (TPSA) is 87.4 Å². The molecule has 1 fully saturated rings. The predicted octanol–water partition coefficient (Wildman–Crippen LogP) is 0.645. The Morgan fingerprint density at radius 2 is 2.25 bits per heavy atom. The molecule has 8 heteroatoms. The van der Waals surface area contributed by atoms with Gasteiger partial charge in [0.2, 0.25) is 11.9 Å². The maximum atomic E-state index is 12.0. The van der Waals surface area contributed by atoms with E-state index < -0.39 is 0 Å². The third-order valence-electron chi connectivity index (χ3n) is 3.39. The van der Waals surface area contributed by atoms with Crippen LogP contribution < -0.4 is 16.2 Å². The molecule has 0 aliphatic carbocycles. The smallest absolute Gasteiger partial charge is 0.241 e. The van der Waals surface area contributed by atoms with Crippen LogP contribution in [0, 0.1) is 0 Å². The summed E-state index contributed by atoms with van der Waals surface area (Å²) in [4.78, 5) is 24.5. The van der Waals surface area contributed by atoms with Gasteiger partial charge in [0.25, 0.3) is 0 Å². The number of nitrogen functional groups attached to an aromatic ring is 1. The zero-order chi connectivity index (χ0) is 14.1. The Kier molecular flexibility index (Phi) is 3.41. The SMILES string of the molecule is CN1CCCN(c2nc(NN)nc3ccsc23)CC1=O. The lowest BCUT2D eigenvalue weighted by molar-refractivity contribution is -0.127. The Bertz CT molecular complexity index is 642. The van der Waals surface area contributed by atoms with Gasteiger partial charge in [-0.1, -0.05) is 0 Å². The number of nitrogens with zero attached hydrogens (tertiary/aromatic N) is 4. The van der Waals surface area contributed by atoms with Crippen LogP contribution in [0.25, 0.3) is 10.2 Å². The number of hydrazine groups is 1. The molecule has 0 atom stereocenters.